The largest absolute Gasteiger partial charge is 0.326 e. The average molecular weight is 239 g/mol. The van der Waals surface area contributed by atoms with Gasteiger partial charge in [0.05, 0.1) is 0 Å². The molecule has 2 nitrogen and oxygen atoms in total. The van der Waals surface area contributed by atoms with E-state index in [9.17, 15) is 4.79 Å². The van der Waals surface area contributed by atoms with Crippen molar-refractivity contribution >= 4 is 11.6 Å². The highest BCUT2D eigenvalue weighted by Crippen LogP contribution is 2.08. The molecular weight excluding hydrogens is 222 g/mol. The topological polar surface area (TPSA) is 29.1 Å². The predicted molar refractivity (Wildman–Crippen MR) is 74.5 cm³/mol. The Bertz CT molecular complexity index is 479. The first-order chi connectivity index (χ1) is 8.84. The number of para-hydroxylation sites is 1. The Kier molecular flexibility index (Phi) is 4.53. The first-order valence-corrected chi connectivity index (χ1v) is 6.23. The fourth-order valence-electron chi connectivity index (χ4n) is 1.84. The van der Waals surface area contributed by atoms with Crippen LogP contribution in [0.15, 0.2) is 60.7 Å². The number of benzene rings is 2. The molecule has 0 radical (unpaired) electrons. The molecule has 0 spiro atoms. The van der Waals surface area contributed by atoms with Crippen molar-refractivity contribution in [2.75, 3.05) is 5.32 Å². The summed E-state index contributed by atoms with van der Waals surface area (Å²) in [4.78, 5) is 11.7. The molecule has 0 heterocycles. The van der Waals surface area contributed by atoms with Gasteiger partial charge in [-0.05, 0) is 30.5 Å². The zero-order valence-electron chi connectivity index (χ0n) is 10.3. The minimum Gasteiger partial charge on any atom is -0.326 e. The van der Waals surface area contributed by atoms with Crippen LogP contribution in [0.2, 0.25) is 0 Å². The molecule has 0 unspecified atom stereocenters. The summed E-state index contributed by atoms with van der Waals surface area (Å²) in [5.74, 6) is 0.0807. The van der Waals surface area contributed by atoms with Gasteiger partial charge in [-0.3, -0.25) is 4.79 Å². The molecule has 2 rings (SSSR count). The van der Waals surface area contributed by atoms with Crippen molar-refractivity contribution in [2.24, 2.45) is 0 Å². The molecule has 0 saturated carbocycles. The van der Waals surface area contributed by atoms with E-state index in [-0.39, 0.29) is 5.91 Å². The van der Waals surface area contributed by atoms with Gasteiger partial charge in [0.25, 0.3) is 0 Å². The van der Waals surface area contributed by atoms with Crippen molar-refractivity contribution in [2.45, 2.75) is 19.3 Å². The van der Waals surface area contributed by atoms with E-state index in [4.69, 9.17) is 0 Å². The summed E-state index contributed by atoms with van der Waals surface area (Å²) in [6.45, 7) is 0. The molecule has 2 aromatic rings. The van der Waals surface area contributed by atoms with E-state index in [2.05, 4.69) is 17.4 Å². The lowest BCUT2D eigenvalue weighted by molar-refractivity contribution is -0.116. The Balaban J connectivity index is 1.73. The van der Waals surface area contributed by atoms with Crippen LogP contribution in [0.5, 0.6) is 0 Å². The summed E-state index contributed by atoms with van der Waals surface area (Å²) < 4.78 is 0. The van der Waals surface area contributed by atoms with Gasteiger partial charge in [-0.15, -0.1) is 0 Å². The molecule has 0 aliphatic rings. The highest BCUT2D eigenvalue weighted by molar-refractivity contribution is 5.90. The Morgan fingerprint density at radius 3 is 2.17 bits per heavy atom. The van der Waals surface area contributed by atoms with Gasteiger partial charge in [0.1, 0.15) is 0 Å². The third-order valence-corrected chi connectivity index (χ3v) is 2.77. The van der Waals surface area contributed by atoms with E-state index in [1.807, 2.05) is 48.5 Å². The van der Waals surface area contributed by atoms with Crippen molar-refractivity contribution in [1.82, 2.24) is 0 Å². The van der Waals surface area contributed by atoms with Crippen molar-refractivity contribution in [1.29, 1.82) is 0 Å². The van der Waals surface area contributed by atoms with Crippen molar-refractivity contribution in [3.63, 3.8) is 0 Å². The standard InChI is InChI=1S/C16H17NO/c18-16(17-15-11-5-2-6-12-15)13-7-10-14-8-3-1-4-9-14/h1-6,8-9,11-12H,7,10,13H2,(H,17,18). The van der Waals surface area contributed by atoms with Crippen LogP contribution >= 0.6 is 0 Å². The van der Waals surface area contributed by atoms with Gasteiger partial charge >= 0.3 is 0 Å². The molecule has 1 amide bonds. The maximum Gasteiger partial charge on any atom is 0.224 e. The molecule has 0 aliphatic carbocycles. The first-order valence-electron chi connectivity index (χ1n) is 6.23. The van der Waals surface area contributed by atoms with Crippen LogP contribution in [0.4, 0.5) is 5.69 Å². The number of carbonyl (C=O) groups excluding carboxylic acids is 1. The van der Waals surface area contributed by atoms with Crippen LogP contribution in [-0.4, -0.2) is 5.91 Å². The minimum atomic E-state index is 0.0807. The number of anilines is 1. The lowest BCUT2D eigenvalue weighted by Gasteiger charge is -2.04. The van der Waals surface area contributed by atoms with Crippen molar-refractivity contribution in [3.05, 3.63) is 66.2 Å². The third kappa shape index (κ3) is 4.06. The summed E-state index contributed by atoms with van der Waals surface area (Å²) in [7, 11) is 0. The van der Waals surface area contributed by atoms with Crippen LogP contribution in [0, 0.1) is 0 Å². The zero-order chi connectivity index (χ0) is 12.6. The second-order valence-corrected chi connectivity index (χ2v) is 4.25. The first kappa shape index (κ1) is 12.4. The summed E-state index contributed by atoms with van der Waals surface area (Å²) in [5, 5.41) is 2.89. The van der Waals surface area contributed by atoms with E-state index < -0.39 is 0 Å². The number of amides is 1. The number of nitrogens with one attached hydrogen (secondary N) is 1. The van der Waals surface area contributed by atoms with Crippen LogP contribution in [0.25, 0.3) is 0 Å². The molecular formula is C16H17NO. The van der Waals surface area contributed by atoms with Gasteiger partial charge in [-0.25, -0.2) is 0 Å². The van der Waals surface area contributed by atoms with Gasteiger partial charge in [0, 0.05) is 12.1 Å². The Hall–Kier alpha value is -2.09. The molecule has 18 heavy (non-hydrogen) atoms. The van der Waals surface area contributed by atoms with E-state index in [1.165, 1.54) is 5.56 Å². The second-order valence-electron chi connectivity index (χ2n) is 4.25. The quantitative estimate of drug-likeness (QED) is 0.847. The number of hydrogen-bond acceptors (Lipinski definition) is 1. The van der Waals surface area contributed by atoms with Gasteiger partial charge in [0.15, 0.2) is 0 Å². The van der Waals surface area contributed by atoms with Gasteiger partial charge in [0.2, 0.25) is 5.91 Å². The Labute approximate surface area is 108 Å². The molecule has 0 saturated heterocycles. The van der Waals surface area contributed by atoms with Gasteiger partial charge in [-0.2, -0.15) is 0 Å². The maximum atomic E-state index is 11.7. The van der Waals surface area contributed by atoms with Crippen LogP contribution in [-0.2, 0) is 11.2 Å². The minimum absolute atomic E-state index is 0.0807. The monoisotopic (exact) mass is 239 g/mol. The van der Waals surface area contributed by atoms with Crippen LogP contribution in [0.1, 0.15) is 18.4 Å². The fourth-order valence-corrected chi connectivity index (χ4v) is 1.84. The highest BCUT2D eigenvalue weighted by atomic mass is 16.1. The molecule has 0 bridgehead atoms. The molecule has 2 heteroatoms. The molecule has 0 aliphatic heterocycles. The normalized spacial score (nSPS) is 10.0. The second kappa shape index (κ2) is 6.60. The third-order valence-electron chi connectivity index (χ3n) is 2.77. The maximum absolute atomic E-state index is 11.7. The van der Waals surface area contributed by atoms with Crippen LogP contribution < -0.4 is 5.32 Å². The average Bonchev–Trinajstić information content (AvgIpc) is 2.41. The van der Waals surface area contributed by atoms with Crippen molar-refractivity contribution in [3.8, 4) is 0 Å². The molecule has 0 fully saturated rings. The highest BCUT2D eigenvalue weighted by Gasteiger charge is 2.01. The molecule has 2 aromatic carbocycles. The predicted octanol–water partition coefficient (Wildman–Crippen LogP) is 3.65. The van der Waals surface area contributed by atoms with E-state index >= 15 is 0 Å². The fraction of sp³-hybridized carbons (Fsp3) is 0.188. The number of aryl methyl sites for hydroxylation is 1. The summed E-state index contributed by atoms with van der Waals surface area (Å²) in [6.07, 6.45) is 2.38. The molecule has 0 atom stereocenters. The number of rotatable bonds is 5. The lowest BCUT2D eigenvalue weighted by Crippen LogP contribution is -2.11. The van der Waals surface area contributed by atoms with E-state index in [1.54, 1.807) is 0 Å². The van der Waals surface area contributed by atoms with Crippen molar-refractivity contribution < 1.29 is 4.79 Å². The molecule has 92 valence electrons. The summed E-state index contributed by atoms with van der Waals surface area (Å²) >= 11 is 0. The van der Waals surface area contributed by atoms with E-state index in [0.717, 1.165) is 18.5 Å². The summed E-state index contributed by atoms with van der Waals surface area (Å²) in [6, 6.07) is 19.8. The number of hydrogen-bond donors (Lipinski definition) is 1. The Morgan fingerprint density at radius 2 is 1.50 bits per heavy atom. The summed E-state index contributed by atoms with van der Waals surface area (Å²) in [5.41, 5.74) is 2.15. The van der Waals surface area contributed by atoms with Gasteiger partial charge in [-0.1, -0.05) is 48.5 Å². The van der Waals surface area contributed by atoms with Gasteiger partial charge < -0.3 is 5.32 Å². The smallest absolute Gasteiger partial charge is 0.224 e. The Morgan fingerprint density at radius 1 is 0.889 bits per heavy atom. The zero-order valence-corrected chi connectivity index (χ0v) is 10.3. The molecule has 0 aromatic heterocycles. The lowest BCUT2D eigenvalue weighted by atomic mass is 10.1. The molecule has 1 N–H and O–H groups in total. The number of carbonyl (C=O) groups is 1. The van der Waals surface area contributed by atoms with Crippen LogP contribution in [0.3, 0.4) is 0 Å². The van der Waals surface area contributed by atoms with E-state index in [0.29, 0.717) is 6.42 Å². The SMILES string of the molecule is O=C(CCCc1ccccc1)Nc1ccccc1.